The van der Waals surface area contributed by atoms with Crippen LogP contribution in [0, 0.1) is 12.7 Å². The molecule has 5 nitrogen and oxygen atoms in total. The summed E-state index contributed by atoms with van der Waals surface area (Å²) in [7, 11) is 0. The van der Waals surface area contributed by atoms with E-state index in [-0.39, 0.29) is 22.3 Å². The molecule has 0 fully saturated rings. The second-order valence-electron chi connectivity index (χ2n) is 3.54. The van der Waals surface area contributed by atoms with Gasteiger partial charge in [0.2, 0.25) is 0 Å². The van der Waals surface area contributed by atoms with Crippen molar-refractivity contribution >= 4 is 38.4 Å². The molecule has 0 aliphatic carbocycles. The molecular formula is C10H8BrFN4O. The van der Waals surface area contributed by atoms with Gasteiger partial charge in [-0.3, -0.25) is 4.79 Å². The molecule has 17 heavy (non-hydrogen) atoms. The van der Waals surface area contributed by atoms with Gasteiger partial charge in [0.1, 0.15) is 11.3 Å². The number of rotatable bonds is 1. The lowest BCUT2D eigenvalue weighted by Crippen LogP contribution is -2.17. The van der Waals surface area contributed by atoms with Gasteiger partial charge in [-0.1, -0.05) is 0 Å². The number of nitrogen functional groups attached to an aromatic ring is 1. The summed E-state index contributed by atoms with van der Waals surface area (Å²) in [5, 5.41) is 7.42. The summed E-state index contributed by atoms with van der Waals surface area (Å²) < 4.78 is 14.4. The van der Waals surface area contributed by atoms with Crippen LogP contribution in [0.5, 0.6) is 0 Å². The van der Waals surface area contributed by atoms with E-state index in [2.05, 4.69) is 26.1 Å². The molecule has 1 aromatic carbocycles. The smallest absolute Gasteiger partial charge is 0.271 e. The molecule has 0 unspecified atom stereocenters. The number of aromatic nitrogens is 2. The van der Waals surface area contributed by atoms with Crippen LogP contribution in [0.2, 0.25) is 0 Å². The third-order valence-electron chi connectivity index (χ3n) is 2.38. The Morgan fingerprint density at radius 1 is 1.47 bits per heavy atom. The minimum absolute atomic E-state index is 0.0475. The van der Waals surface area contributed by atoms with E-state index in [1.54, 1.807) is 6.92 Å². The number of nitrogens with zero attached hydrogens (tertiary/aromatic N) is 2. The Balaban J connectivity index is 2.96. The molecule has 0 spiro atoms. The molecule has 2 rings (SSSR count). The summed E-state index contributed by atoms with van der Waals surface area (Å²) in [5.41, 5.74) is 11.3. The maximum atomic E-state index is 13.8. The summed E-state index contributed by atoms with van der Waals surface area (Å²) >= 11 is 3.27. The third kappa shape index (κ3) is 1.72. The molecular weight excluding hydrogens is 291 g/mol. The van der Waals surface area contributed by atoms with Crippen LogP contribution < -0.4 is 11.5 Å². The lowest BCUT2D eigenvalue weighted by molar-refractivity contribution is 0.0996. The molecule has 0 saturated heterocycles. The molecule has 7 heteroatoms. The molecule has 88 valence electrons. The van der Waals surface area contributed by atoms with E-state index in [0.29, 0.717) is 10.0 Å². The number of carbonyl (C=O) groups excluding carboxylic acids is 1. The highest BCUT2D eigenvalue weighted by molar-refractivity contribution is 9.10. The van der Waals surface area contributed by atoms with Gasteiger partial charge >= 0.3 is 0 Å². The second-order valence-corrected chi connectivity index (χ2v) is 4.33. The first kappa shape index (κ1) is 11.7. The molecule has 0 radical (unpaired) electrons. The fraction of sp³-hybridized carbons (Fsp3) is 0.100. The van der Waals surface area contributed by atoms with E-state index in [1.165, 1.54) is 6.07 Å². The number of hydrogen-bond donors (Lipinski definition) is 2. The van der Waals surface area contributed by atoms with Gasteiger partial charge in [-0.2, -0.15) is 0 Å². The van der Waals surface area contributed by atoms with E-state index in [0.717, 1.165) is 0 Å². The van der Waals surface area contributed by atoms with Crippen molar-refractivity contribution in [3.63, 3.8) is 0 Å². The van der Waals surface area contributed by atoms with Gasteiger partial charge in [-0.25, -0.2) is 4.39 Å². The zero-order chi connectivity index (χ0) is 12.7. The van der Waals surface area contributed by atoms with Crippen LogP contribution in [0.1, 0.15) is 16.1 Å². The van der Waals surface area contributed by atoms with Gasteiger partial charge in [-0.15, -0.1) is 10.2 Å². The van der Waals surface area contributed by atoms with Crippen LogP contribution in [0.25, 0.3) is 10.9 Å². The van der Waals surface area contributed by atoms with Gasteiger partial charge in [0.25, 0.3) is 5.91 Å². The maximum absolute atomic E-state index is 13.8. The summed E-state index contributed by atoms with van der Waals surface area (Å²) in [4.78, 5) is 11.0. The average Bonchev–Trinajstić information content (AvgIpc) is 2.25. The van der Waals surface area contributed by atoms with Crippen molar-refractivity contribution < 1.29 is 9.18 Å². The van der Waals surface area contributed by atoms with Crippen molar-refractivity contribution in [3.8, 4) is 0 Å². The topological polar surface area (TPSA) is 94.9 Å². The molecule has 0 aliphatic heterocycles. The number of fused-ring (bicyclic) bond motifs is 1. The highest BCUT2D eigenvalue weighted by atomic mass is 79.9. The van der Waals surface area contributed by atoms with Crippen molar-refractivity contribution in [2.24, 2.45) is 5.73 Å². The van der Waals surface area contributed by atoms with E-state index >= 15 is 0 Å². The van der Waals surface area contributed by atoms with E-state index < -0.39 is 11.7 Å². The molecule has 1 heterocycles. The predicted molar refractivity (Wildman–Crippen MR) is 64.9 cm³/mol. The number of primary amides is 1. The number of benzene rings is 1. The quantitative estimate of drug-likeness (QED) is 0.834. The lowest BCUT2D eigenvalue weighted by Gasteiger charge is -2.08. The van der Waals surface area contributed by atoms with Crippen LogP contribution >= 0.6 is 15.9 Å². The van der Waals surface area contributed by atoms with Crippen molar-refractivity contribution in [2.75, 3.05) is 5.73 Å². The Bertz CT molecular complexity index is 644. The van der Waals surface area contributed by atoms with Crippen molar-refractivity contribution in [1.82, 2.24) is 10.2 Å². The lowest BCUT2D eigenvalue weighted by atomic mass is 10.1. The fourth-order valence-electron chi connectivity index (χ4n) is 1.54. The van der Waals surface area contributed by atoms with Crippen LogP contribution in [-0.4, -0.2) is 16.1 Å². The second kappa shape index (κ2) is 3.92. The van der Waals surface area contributed by atoms with Gasteiger partial charge in [-0.05, 0) is 34.5 Å². The Morgan fingerprint density at radius 3 is 2.71 bits per heavy atom. The SMILES string of the molecule is Cc1cc(F)c2c(N)c(C(N)=O)nnc2c1Br. The first-order chi connectivity index (χ1) is 7.93. The first-order valence-electron chi connectivity index (χ1n) is 4.63. The Kier molecular flexibility index (Phi) is 2.70. The molecule has 0 saturated carbocycles. The molecule has 2 aromatic rings. The average molecular weight is 299 g/mol. The number of hydrogen-bond acceptors (Lipinski definition) is 4. The third-order valence-corrected chi connectivity index (χ3v) is 3.38. The van der Waals surface area contributed by atoms with E-state index in [4.69, 9.17) is 11.5 Å². The minimum Gasteiger partial charge on any atom is -0.396 e. The minimum atomic E-state index is -0.840. The van der Waals surface area contributed by atoms with E-state index in [1.807, 2.05) is 0 Å². The Morgan fingerprint density at radius 2 is 2.12 bits per heavy atom. The monoisotopic (exact) mass is 298 g/mol. The van der Waals surface area contributed by atoms with Crippen molar-refractivity contribution in [2.45, 2.75) is 6.92 Å². The largest absolute Gasteiger partial charge is 0.396 e. The number of anilines is 1. The van der Waals surface area contributed by atoms with Gasteiger partial charge in [0.15, 0.2) is 5.69 Å². The predicted octanol–water partition coefficient (Wildman–Crippen LogP) is 1.52. The van der Waals surface area contributed by atoms with Crippen LogP contribution in [0.4, 0.5) is 10.1 Å². The van der Waals surface area contributed by atoms with Crippen molar-refractivity contribution in [3.05, 3.63) is 27.6 Å². The summed E-state index contributed by atoms with van der Waals surface area (Å²) in [6, 6.07) is 1.30. The van der Waals surface area contributed by atoms with E-state index in [9.17, 15) is 9.18 Å². The highest BCUT2D eigenvalue weighted by Gasteiger charge is 2.18. The Labute approximate surface area is 104 Å². The zero-order valence-electron chi connectivity index (χ0n) is 8.79. The maximum Gasteiger partial charge on any atom is 0.271 e. The van der Waals surface area contributed by atoms with Crippen LogP contribution in [-0.2, 0) is 0 Å². The summed E-state index contributed by atoms with van der Waals surface area (Å²) in [6.45, 7) is 1.71. The fourth-order valence-corrected chi connectivity index (χ4v) is 1.93. The Hall–Kier alpha value is -1.76. The molecule has 0 aliphatic rings. The molecule has 4 N–H and O–H groups in total. The molecule has 1 amide bonds. The van der Waals surface area contributed by atoms with Gasteiger partial charge in [0.05, 0.1) is 11.1 Å². The number of amides is 1. The zero-order valence-corrected chi connectivity index (χ0v) is 10.4. The van der Waals surface area contributed by atoms with Gasteiger partial charge in [0, 0.05) is 4.47 Å². The molecule has 0 atom stereocenters. The number of nitrogens with two attached hydrogens (primary N) is 2. The molecule has 0 bridgehead atoms. The highest BCUT2D eigenvalue weighted by Crippen LogP contribution is 2.32. The summed E-state index contributed by atoms with van der Waals surface area (Å²) in [6.07, 6.45) is 0. The number of halogens is 2. The number of carbonyl (C=O) groups is 1. The van der Waals surface area contributed by atoms with Crippen LogP contribution in [0.15, 0.2) is 10.5 Å². The number of aryl methyl sites for hydroxylation is 1. The molecule has 1 aromatic heterocycles. The normalized spacial score (nSPS) is 10.8. The van der Waals surface area contributed by atoms with Gasteiger partial charge < -0.3 is 11.5 Å². The summed E-state index contributed by atoms with van der Waals surface area (Å²) in [5.74, 6) is -1.40. The van der Waals surface area contributed by atoms with Crippen LogP contribution in [0.3, 0.4) is 0 Å². The standard InChI is InChI=1S/C10H8BrFN4O/c1-3-2-4(12)5-7(13)9(10(14)17)16-15-8(5)6(3)11/h2H,1H3,(H2,13,15)(H2,14,17). The first-order valence-corrected chi connectivity index (χ1v) is 5.43. The van der Waals surface area contributed by atoms with Crippen molar-refractivity contribution in [1.29, 1.82) is 0 Å².